The number of carbonyl (C=O) groups excluding carboxylic acids is 4. The number of fused-ring (bicyclic) bond motifs is 2. The molecule has 1 aliphatic rings. The number of nitrogens with one attached hydrogen (secondary N) is 4. The maximum atomic E-state index is 15.4. The Morgan fingerprint density at radius 3 is 2.43 bits per heavy atom. The molecule has 27 heteroatoms. The molecule has 1 aliphatic heterocycles. The van der Waals surface area contributed by atoms with Crippen molar-refractivity contribution >= 4 is 90.3 Å². The van der Waals surface area contributed by atoms with E-state index in [-0.39, 0.29) is 50.1 Å². The summed E-state index contributed by atoms with van der Waals surface area (Å²) in [4.78, 5) is 70.6. The molecule has 3 aromatic carbocycles. The van der Waals surface area contributed by atoms with Gasteiger partial charge in [-0.2, -0.15) is 13.2 Å². The summed E-state index contributed by atoms with van der Waals surface area (Å²) in [6.07, 6.45) is 3.21. The number of amides is 4. The zero-order chi connectivity index (χ0) is 61.3. The average molecular weight is 1200 g/mol. The summed E-state index contributed by atoms with van der Waals surface area (Å²) in [6, 6.07) is 15.4. The van der Waals surface area contributed by atoms with Crippen molar-refractivity contribution in [1.29, 1.82) is 0 Å². The Balaban J connectivity index is 0.00000152. The molecular weight excluding hydrogens is 1140 g/mol. The first kappa shape index (κ1) is 64.7. The molecule has 0 saturated carbocycles. The van der Waals surface area contributed by atoms with Crippen LogP contribution in [0.3, 0.4) is 0 Å². The lowest BCUT2D eigenvalue weighted by molar-refractivity contribution is -0.896. The third kappa shape index (κ3) is 18.5. The van der Waals surface area contributed by atoms with Gasteiger partial charge >= 0.3 is 18.2 Å². The van der Waals surface area contributed by atoms with E-state index in [1.54, 1.807) is 18.2 Å². The number of quaternary nitrogens is 1. The van der Waals surface area contributed by atoms with Crippen molar-refractivity contribution in [2.45, 2.75) is 90.7 Å². The van der Waals surface area contributed by atoms with Gasteiger partial charge in [0, 0.05) is 45.9 Å². The van der Waals surface area contributed by atoms with Gasteiger partial charge in [-0.15, -0.1) is 28.0 Å². The summed E-state index contributed by atoms with van der Waals surface area (Å²) in [6.45, 7) is 7.71. The summed E-state index contributed by atoms with van der Waals surface area (Å²) < 4.78 is 60.0. The molecule has 0 saturated heterocycles. The minimum absolute atomic E-state index is 0.0350. The molecule has 3 aromatic heterocycles. The summed E-state index contributed by atoms with van der Waals surface area (Å²) in [7, 11) is 4.01. The van der Waals surface area contributed by atoms with Crippen LogP contribution in [0.2, 0.25) is 0 Å². The van der Waals surface area contributed by atoms with Crippen LogP contribution in [0.1, 0.15) is 82.7 Å². The number of carboxylic acid groups (broad SMARTS) is 2. The maximum Gasteiger partial charge on any atom is 0.430 e. The van der Waals surface area contributed by atoms with E-state index in [1.807, 2.05) is 70.1 Å². The molecule has 9 N–H and O–H groups in total. The number of halogens is 4. The molecular formula is C57H64F4N12O9S2. The third-order valence-corrected chi connectivity index (χ3v) is 15.0. The van der Waals surface area contributed by atoms with E-state index in [9.17, 15) is 37.5 Å². The summed E-state index contributed by atoms with van der Waals surface area (Å²) >= 11 is 2.83. The van der Waals surface area contributed by atoms with Crippen LogP contribution in [-0.2, 0) is 45.1 Å². The molecule has 0 bridgehead atoms. The largest absolute Gasteiger partial charge is 0.542 e. The van der Waals surface area contributed by atoms with Crippen LogP contribution in [0.5, 0.6) is 5.75 Å². The first-order valence-corrected chi connectivity index (χ1v) is 28.0. The highest BCUT2D eigenvalue weighted by Gasteiger charge is 2.31. The Morgan fingerprint density at radius 2 is 1.75 bits per heavy atom. The number of thiazole rings is 2. The quantitative estimate of drug-likeness (QED) is 0.0148. The number of carboxylic acids is 2. The number of carbonyl (C=O) groups is 5. The van der Waals surface area contributed by atoms with Crippen molar-refractivity contribution in [3.05, 3.63) is 105 Å². The number of para-hydroxylation sites is 1. The highest BCUT2D eigenvalue weighted by molar-refractivity contribution is 7.22. The predicted molar refractivity (Wildman–Crippen MR) is 308 cm³/mol. The summed E-state index contributed by atoms with van der Waals surface area (Å²) in [5.74, 6) is 4.22. The fourth-order valence-electron chi connectivity index (χ4n) is 8.48. The average Bonchev–Trinajstić information content (AvgIpc) is 3.19. The number of alkyl halides is 3. The monoisotopic (exact) mass is 1200 g/mol. The molecule has 4 amide bonds. The zero-order valence-electron chi connectivity index (χ0n) is 46.7. The number of hydrogen-bond donors (Lipinski definition) is 7. The van der Waals surface area contributed by atoms with Gasteiger partial charge in [0.15, 0.2) is 39.2 Å². The molecule has 0 radical (unpaired) electrons. The van der Waals surface area contributed by atoms with Crippen LogP contribution in [0.15, 0.2) is 60.7 Å². The molecule has 84 heavy (non-hydrogen) atoms. The number of aromatic nitrogens is 4. The van der Waals surface area contributed by atoms with Gasteiger partial charge in [0.1, 0.15) is 31.7 Å². The number of aromatic carboxylic acids is 1. The van der Waals surface area contributed by atoms with E-state index in [4.69, 9.17) is 37.3 Å². The Morgan fingerprint density at radius 1 is 1.00 bits per heavy atom. The number of aliphatic carboxylic acids is 1. The smallest absolute Gasteiger partial charge is 0.430 e. The number of hydrogen-bond acceptors (Lipinski definition) is 17. The van der Waals surface area contributed by atoms with Gasteiger partial charge in [-0.3, -0.25) is 9.59 Å². The number of rotatable bonds is 24. The van der Waals surface area contributed by atoms with Gasteiger partial charge in [-0.1, -0.05) is 55.2 Å². The second-order valence-corrected chi connectivity index (χ2v) is 22.4. The third-order valence-electron chi connectivity index (χ3n) is 12.9. The molecule has 21 nitrogen and oxygen atoms in total. The maximum absolute atomic E-state index is 15.4. The Bertz CT molecular complexity index is 3410. The van der Waals surface area contributed by atoms with Crippen molar-refractivity contribution in [2.24, 2.45) is 17.4 Å². The number of nitrogens with two attached hydrogens (primary N) is 2. The number of benzene rings is 3. The highest BCUT2D eigenvalue weighted by Crippen LogP contribution is 2.39. The fraction of sp³-hybridized carbons (Fsp3) is 0.386. The second kappa shape index (κ2) is 29.7. The molecule has 6 aromatic rings. The van der Waals surface area contributed by atoms with Gasteiger partial charge in [0.2, 0.25) is 11.8 Å². The van der Waals surface area contributed by atoms with Crippen molar-refractivity contribution in [3.63, 3.8) is 0 Å². The number of urea groups is 1. The lowest BCUT2D eigenvalue weighted by Crippen LogP contribution is -2.51. The van der Waals surface area contributed by atoms with E-state index in [0.29, 0.717) is 76.3 Å². The standard InChI is InChI=1S/C55H63FN12O7S2.C2HF3O2/c1-7-27-74-32-37-30-38(60-50(69)42(17-10-24-59-53(58)73)61-51(70)46(57)33(2)3)22-21-36(37)31-68(5,6)26-12-14-35-20-23-43(40(56)29-35)75-28-13-19-45-47(52(71)72)63-55(77-45)67-25-11-15-39-34(4)48(65-66-49(39)67)64-54-62-41-16-8-9-18-44(41)76-54;3-2(4,5)1(6)7/h1,8-9,16,18,20-23,29-30,33,42,46H,10-11,13,15,17,19,24-28,31-32,57H2,2-6H3,(H6-,58,59,60,61,62,64,65,69,70,71,72,73);(H,6,7)/t42-,46-;/m0./s1. The molecule has 446 valence electrons. The SMILES string of the molecule is C#CCOCc1cc(NC(=O)[C@H](CCCNC(N)=O)NC(=O)[C@@H](N)C(C)C)ccc1C[N+](C)(C)CC#Cc1ccc(OCCCc2sc(N3CCCc4c3nnc(Nc3nc5ccccc5s3)c4C)nc2C(=O)O)c(F)c1.O=C([O-])C(F)(F)F. The molecule has 0 unspecified atom stereocenters. The molecule has 2 atom stereocenters. The van der Waals surface area contributed by atoms with Crippen molar-refractivity contribution in [2.75, 3.05) is 62.5 Å². The number of aryl methyl sites for hydroxylation is 1. The van der Waals surface area contributed by atoms with E-state index in [0.717, 1.165) is 50.4 Å². The van der Waals surface area contributed by atoms with Crippen LogP contribution in [0, 0.1) is 42.8 Å². The van der Waals surface area contributed by atoms with Gasteiger partial charge in [0.05, 0.1) is 43.6 Å². The van der Waals surface area contributed by atoms with E-state index in [2.05, 4.69) is 59.2 Å². The zero-order valence-corrected chi connectivity index (χ0v) is 48.3. The highest BCUT2D eigenvalue weighted by atomic mass is 32.1. The van der Waals surface area contributed by atoms with Crippen LogP contribution in [0.25, 0.3) is 10.2 Å². The van der Waals surface area contributed by atoms with Crippen molar-refractivity contribution in [3.8, 4) is 29.9 Å². The van der Waals surface area contributed by atoms with Crippen molar-refractivity contribution in [1.82, 2.24) is 30.8 Å². The topological polar surface area (TPSA) is 302 Å². The lowest BCUT2D eigenvalue weighted by atomic mass is 10.0. The molecule has 0 spiro atoms. The van der Waals surface area contributed by atoms with Crippen LogP contribution >= 0.6 is 22.7 Å². The van der Waals surface area contributed by atoms with E-state index < -0.39 is 53.9 Å². The summed E-state index contributed by atoms with van der Waals surface area (Å²) in [5.41, 5.74) is 16.7. The number of terminal acetylenes is 1. The Hall–Kier alpha value is -8.47. The van der Waals surface area contributed by atoms with Crippen LogP contribution in [-0.4, -0.2) is 125 Å². The molecule has 0 fully saturated rings. The molecule has 4 heterocycles. The van der Waals surface area contributed by atoms with Gasteiger partial charge < -0.3 is 66.6 Å². The molecule has 7 rings (SSSR count). The summed E-state index contributed by atoms with van der Waals surface area (Å²) in [5, 5.41) is 40.7. The van der Waals surface area contributed by atoms with Gasteiger partial charge in [-0.25, -0.2) is 23.9 Å². The fourth-order valence-corrected chi connectivity index (χ4v) is 10.5. The van der Waals surface area contributed by atoms with Crippen LogP contribution < -0.4 is 47.5 Å². The first-order chi connectivity index (χ1) is 39.8. The number of nitrogens with zero attached hydrogens (tertiary/aromatic N) is 6. The lowest BCUT2D eigenvalue weighted by Gasteiger charge is -2.28. The van der Waals surface area contributed by atoms with E-state index in [1.165, 1.54) is 34.8 Å². The number of primary amides is 1. The van der Waals surface area contributed by atoms with E-state index >= 15 is 4.39 Å². The minimum atomic E-state index is -5.19. The van der Waals surface area contributed by atoms with Crippen LogP contribution in [0.4, 0.5) is 49.9 Å². The van der Waals surface area contributed by atoms with Gasteiger partial charge in [0.25, 0.3) is 0 Å². The number of ether oxygens (including phenoxy) is 2. The normalized spacial score (nSPS) is 12.8. The minimum Gasteiger partial charge on any atom is -0.542 e. The molecule has 0 aliphatic carbocycles. The van der Waals surface area contributed by atoms with Crippen molar-refractivity contribution < 1.29 is 65.7 Å². The number of anilines is 5. The second-order valence-electron chi connectivity index (χ2n) is 20.3. The Kier molecular flexibility index (Phi) is 22.9. The first-order valence-electron chi connectivity index (χ1n) is 26.4. The van der Waals surface area contributed by atoms with Gasteiger partial charge in [-0.05, 0) is 105 Å². The predicted octanol–water partition coefficient (Wildman–Crippen LogP) is 6.46. The Labute approximate surface area is 490 Å².